The summed E-state index contributed by atoms with van der Waals surface area (Å²) >= 11 is 0. The molecule has 1 aliphatic rings. The molecule has 0 aliphatic carbocycles. The molecular formula is C14H19N3O3. The molecule has 0 atom stereocenters. The molecule has 1 saturated heterocycles. The van der Waals surface area contributed by atoms with E-state index in [2.05, 4.69) is 0 Å². The van der Waals surface area contributed by atoms with Gasteiger partial charge in [-0.2, -0.15) is 0 Å². The zero-order valence-electron chi connectivity index (χ0n) is 11.8. The van der Waals surface area contributed by atoms with Crippen LogP contribution in [0.3, 0.4) is 0 Å². The molecule has 0 bridgehead atoms. The summed E-state index contributed by atoms with van der Waals surface area (Å²) in [5.74, 6) is 0.645. The van der Waals surface area contributed by atoms with Gasteiger partial charge in [0.05, 0.1) is 13.7 Å². The van der Waals surface area contributed by atoms with Crippen LogP contribution in [-0.2, 0) is 22.7 Å². The van der Waals surface area contributed by atoms with Crippen molar-refractivity contribution in [2.45, 2.75) is 13.1 Å². The summed E-state index contributed by atoms with van der Waals surface area (Å²) in [4.78, 5) is 26.6. The summed E-state index contributed by atoms with van der Waals surface area (Å²) in [5.41, 5.74) is 7.50. The molecule has 1 heterocycles. The molecule has 0 aromatic heterocycles. The average Bonchev–Trinajstić information content (AvgIpc) is 2.44. The van der Waals surface area contributed by atoms with Gasteiger partial charge in [0, 0.05) is 25.7 Å². The number of likely N-dealkylation sites (N-methyl/N-ethyl adjacent to an activating group) is 1. The van der Waals surface area contributed by atoms with Crippen molar-refractivity contribution in [2.24, 2.45) is 5.73 Å². The molecule has 0 unspecified atom stereocenters. The van der Waals surface area contributed by atoms with E-state index in [0.29, 0.717) is 13.1 Å². The number of carbonyl (C=O) groups excluding carboxylic acids is 2. The van der Waals surface area contributed by atoms with E-state index < -0.39 is 0 Å². The first-order chi connectivity index (χ1) is 9.55. The minimum Gasteiger partial charge on any atom is -0.496 e. The molecule has 2 N–H and O–H groups in total. The van der Waals surface area contributed by atoms with Gasteiger partial charge >= 0.3 is 0 Å². The van der Waals surface area contributed by atoms with Crippen LogP contribution >= 0.6 is 0 Å². The Morgan fingerprint density at radius 1 is 1.25 bits per heavy atom. The van der Waals surface area contributed by atoms with Gasteiger partial charge in [0.2, 0.25) is 11.8 Å². The summed E-state index contributed by atoms with van der Waals surface area (Å²) in [6.45, 7) is 1.04. The van der Waals surface area contributed by atoms with Gasteiger partial charge < -0.3 is 20.3 Å². The molecule has 2 rings (SSSR count). The summed E-state index contributed by atoms with van der Waals surface area (Å²) in [7, 11) is 3.23. The monoisotopic (exact) mass is 277 g/mol. The summed E-state index contributed by atoms with van der Waals surface area (Å²) in [5, 5.41) is 0. The smallest absolute Gasteiger partial charge is 0.242 e. The number of nitrogens with two attached hydrogens (primary N) is 1. The van der Waals surface area contributed by atoms with E-state index in [1.807, 2.05) is 18.2 Å². The Kier molecular flexibility index (Phi) is 4.24. The minimum absolute atomic E-state index is 0.0442. The second kappa shape index (κ2) is 5.92. The predicted octanol–water partition coefficient (Wildman–Crippen LogP) is -0.0455. The number of rotatable bonds is 4. The molecule has 0 radical (unpaired) electrons. The topological polar surface area (TPSA) is 75.9 Å². The van der Waals surface area contributed by atoms with Crippen LogP contribution in [-0.4, -0.2) is 48.9 Å². The number of hydrogen-bond donors (Lipinski definition) is 1. The van der Waals surface area contributed by atoms with E-state index >= 15 is 0 Å². The Balaban J connectivity index is 2.13. The van der Waals surface area contributed by atoms with Gasteiger partial charge in [-0.3, -0.25) is 9.59 Å². The molecule has 1 fully saturated rings. The number of benzene rings is 1. The second-order valence-electron chi connectivity index (χ2n) is 4.85. The van der Waals surface area contributed by atoms with Gasteiger partial charge in [0.15, 0.2) is 0 Å². The predicted molar refractivity (Wildman–Crippen MR) is 73.9 cm³/mol. The van der Waals surface area contributed by atoms with Crippen LogP contribution in [0.4, 0.5) is 0 Å². The normalized spacial score (nSPS) is 15.8. The van der Waals surface area contributed by atoms with Crippen LogP contribution in [0.25, 0.3) is 0 Å². The van der Waals surface area contributed by atoms with Crippen molar-refractivity contribution in [1.29, 1.82) is 0 Å². The minimum atomic E-state index is -0.0443. The highest BCUT2D eigenvalue weighted by Gasteiger charge is 2.27. The largest absolute Gasteiger partial charge is 0.496 e. The Hall–Kier alpha value is -2.08. The Bertz CT molecular complexity index is 530. The molecule has 0 spiro atoms. The number of carbonyl (C=O) groups is 2. The first kappa shape index (κ1) is 14.3. The lowest BCUT2D eigenvalue weighted by Gasteiger charge is -2.31. The molecule has 6 nitrogen and oxygen atoms in total. The molecule has 108 valence electrons. The number of nitrogens with zero attached hydrogens (tertiary/aromatic N) is 2. The van der Waals surface area contributed by atoms with E-state index in [4.69, 9.17) is 10.5 Å². The number of piperazine rings is 1. The van der Waals surface area contributed by atoms with E-state index in [9.17, 15) is 9.59 Å². The fourth-order valence-electron chi connectivity index (χ4n) is 2.22. The number of hydrogen-bond acceptors (Lipinski definition) is 4. The van der Waals surface area contributed by atoms with Crippen LogP contribution in [0.1, 0.15) is 11.1 Å². The highest BCUT2D eigenvalue weighted by molar-refractivity contribution is 5.92. The molecule has 0 saturated carbocycles. The van der Waals surface area contributed by atoms with Gasteiger partial charge in [0.25, 0.3) is 0 Å². The zero-order valence-corrected chi connectivity index (χ0v) is 11.8. The van der Waals surface area contributed by atoms with Gasteiger partial charge in [-0.1, -0.05) is 6.07 Å². The lowest BCUT2D eigenvalue weighted by Crippen LogP contribution is -2.51. The fourth-order valence-corrected chi connectivity index (χ4v) is 2.22. The molecule has 1 aliphatic heterocycles. The molecule has 6 heteroatoms. The van der Waals surface area contributed by atoms with Crippen molar-refractivity contribution >= 4 is 11.8 Å². The first-order valence-electron chi connectivity index (χ1n) is 6.42. The van der Waals surface area contributed by atoms with Crippen LogP contribution in [0.15, 0.2) is 18.2 Å². The van der Waals surface area contributed by atoms with Crippen molar-refractivity contribution in [2.75, 3.05) is 27.2 Å². The van der Waals surface area contributed by atoms with Crippen LogP contribution < -0.4 is 10.5 Å². The van der Waals surface area contributed by atoms with E-state index in [1.54, 1.807) is 19.1 Å². The molecule has 1 aromatic carbocycles. The SMILES string of the molecule is COc1ccc(CN2CC(=O)N(C)CC2=O)cc1CN. The average molecular weight is 277 g/mol. The lowest BCUT2D eigenvalue weighted by molar-refractivity contribution is -0.149. The van der Waals surface area contributed by atoms with Crippen LogP contribution in [0.2, 0.25) is 0 Å². The lowest BCUT2D eigenvalue weighted by atomic mass is 10.1. The Morgan fingerprint density at radius 3 is 2.65 bits per heavy atom. The van der Waals surface area contributed by atoms with Gasteiger partial charge in [0.1, 0.15) is 12.3 Å². The summed E-state index contributed by atoms with van der Waals surface area (Å²) < 4.78 is 5.21. The highest BCUT2D eigenvalue weighted by atomic mass is 16.5. The molecule has 1 aromatic rings. The van der Waals surface area contributed by atoms with E-state index in [-0.39, 0.29) is 24.9 Å². The Morgan fingerprint density at radius 2 is 2.00 bits per heavy atom. The van der Waals surface area contributed by atoms with Crippen molar-refractivity contribution in [3.8, 4) is 5.75 Å². The van der Waals surface area contributed by atoms with E-state index in [1.165, 1.54) is 4.90 Å². The number of methoxy groups -OCH3 is 1. The zero-order chi connectivity index (χ0) is 14.7. The maximum Gasteiger partial charge on any atom is 0.242 e. The van der Waals surface area contributed by atoms with Crippen LogP contribution in [0.5, 0.6) is 5.75 Å². The van der Waals surface area contributed by atoms with Crippen molar-refractivity contribution < 1.29 is 14.3 Å². The molecular weight excluding hydrogens is 258 g/mol. The second-order valence-corrected chi connectivity index (χ2v) is 4.85. The van der Waals surface area contributed by atoms with Gasteiger partial charge in [-0.05, 0) is 17.7 Å². The molecule has 20 heavy (non-hydrogen) atoms. The summed E-state index contributed by atoms with van der Waals surface area (Å²) in [6, 6.07) is 5.63. The van der Waals surface area contributed by atoms with Crippen molar-refractivity contribution in [1.82, 2.24) is 9.80 Å². The number of amides is 2. The fraction of sp³-hybridized carbons (Fsp3) is 0.429. The number of ether oxygens (including phenoxy) is 1. The molecule has 2 amide bonds. The third kappa shape index (κ3) is 2.91. The summed E-state index contributed by atoms with van der Waals surface area (Å²) in [6.07, 6.45) is 0. The first-order valence-corrected chi connectivity index (χ1v) is 6.42. The van der Waals surface area contributed by atoms with Crippen molar-refractivity contribution in [3.63, 3.8) is 0 Å². The van der Waals surface area contributed by atoms with Gasteiger partial charge in [-0.25, -0.2) is 0 Å². The maximum absolute atomic E-state index is 11.9. The third-order valence-corrected chi connectivity index (χ3v) is 3.42. The van der Waals surface area contributed by atoms with Crippen molar-refractivity contribution in [3.05, 3.63) is 29.3 Å². The third-order valence-electron chi connectivity index (χ3n) is 3.42. The van der Waals surface area contributed by atoms with Crippen LogP contribution in [0, 0.1) is 0 Å². The Labute approximate surface area is 118 Å². The quantitative estimate of drug-likeness (QED) is 0.837. The van der Waals surface area contributed by atoms with E-state index in [0.717, 1.165) is 16.9 Å². The standard InChI is InChI=1S/C14H19N3O3/c1-16-8-14(19)17(9-13(16)18)7-10-3-4-12(20-2)11(5-10)6-15/h3-5H,6-9,15H2,1-2H3. The highest BCUT2D eigenvalue weighted by Crippen LogP contribution is 2.20. The van der Waals surface area contributed by atoms with Gasteiger partial charge in [-0.15, -0.1) is 0 Å². The maximum atomic E-state index is 11.9.